The summed E-state index contributed by atoms with van der Waals surface area (Å²) in [4.78, 5) is 26.7. The van der Waals surface area contributed by atoms with E-state index in [1.807, 2.05) is 0 Å². The van der Waals surface area contributed by atoms with Gasteiger partial charge in [0.2, 0.25) is 0 Å². The monoisotopic (exact) mass is 270 g/mol. The highest BCUT2D eigenvalue weighted by Gasteiger charge is 2.43. The smallest absolute Gasteiger partial charge is 0.330 e. The zero-order chi connectivity index (χ0) is 13.2. The van der Waals surface area contributed by atoms with Gasteiger partial charge in [-0.05, 0) is 24.3 Å². The molecular weight excluding hydrogens is 259 g/mol. The van der Waals surface area contributed by atoms with Crippen molar-refractivity contribution in [3.05, 3.63) is 29.8 Å². The fourth-order valence-electron chi connectivity index (χ4n) is 1.68. The van der Waals surface area contributed by atoms with E-state index < -0.39 is 23.2 Å². The van der Waals surface area contributed by atoms with Crippen LogP contribution in [0.5, 0.6) is 0 Å². The number of halogens is 1. The minimum atomic E-state index is -1.24. The molecule has 1 saturated heterocycles. The predicted octanol–water partition coefficient (Wildman–Crippen LogP) is 0.911. The van der Waals surface area contributed by atoms with Gasteiger partial charge in [-0.15, -0.1) is 0 Å². The number of pyridine rings is 1. The highest BCUT2D eigenvalue weighted by Crippen LogP contribution is 2.28. The second-order valence-electron chi connectivity index (χ2n) is 4.01. The lowest BCUT2D eigenvalue weighted by molar-refractivity contribution is -0.143. The number of aromatic nitrogens is 1. The Labute approximate surface area is 107 Å². The molecule has 1 aliphatic rings. The molecule has 18 heavy (non-hydrogen) atoms. The Morgan fingerprint density at radius 3 is 2.78 bits per heavy atom. The number of hydrogen-bond donors (Lipinski definition) is 2. The summed E-state index contributed by atoms with van der Waals surface area (Å²) in [7, 11) is 0. The van der Waals surface area contributed by atoms with Gasteiger partial charge in [-0.25, -0.2) is 14.2 Å². The van der Waals surface area contributed by atoms with Crippen molar-refractivity contribution in [3.8, 4) is 0 Å². The van der Waals surface area contributed by atoms with Crippen LogP contribution >= 0.6 is 11.8 Å². The Morgan fingerprint density at radius 1 is 1.50 bits per heavy atom. The molecule has 1 unspecified atom stereocenters. The molecule has 1 atom stereocenters. The summed E-state index contributed by atoms with van der Waals surface area (Å²) in [5.41, 5.74) is -1.23. The van der Waals surface area contributed by atoms with Crippen LogP contribution in [0.3, 0.4) is 0 Å². The summed E-state index contributed by atoms with van der Waals surface area (Å²) in [5.74, 6) is -1.18. The molecule has 0 aromatic carbocycles. The molecule has 2 N–H and O–H groups in total. The molecule has 5 nitrogen and oxygen atoms in total. The first-order valence-corrected chi connectivity index (χ1v) is 6.44. The van der Waals surface area contributed by atoms with Crippen LogP contribution in [0.2, 0.25) is 0 Å². The van der Waals surface area contributed by atoms with Crippen molar-refractivity contribution >= 4 is 23.6 Å². The molecule has 0 spiro atoms. The number of carbonyl (C=O) groups excluding carboxylic acids is 1. The zero-order valence-corrected chi connectivity index (χ0v) is 10.2. The third-order valence-corrected chi connectivity index (χ3v) is 3.93. The first kappa shape index (κ1) is 12.8. The maximum atomic E-state index is 12.7. The van der Waals surface area contributed by atoms with Crippen LogP contribution in [0, 0.1) is 5.82 Å². The van der Waals surface area contributed by atoms with Crippen molar-refractivity contribution in [2.75, 3.05) is 11.5 Å². The lowest BCUT2D eigenvalue weighted by Gasteiger charge is -2.24. The summed E-state index contributed by atoms with van der Waals surface area (Å²) in [6.07, 6.45) is 1.30. The van der Waals surface area contributed by atoms with Gasteiger partial charge in [0.05, 0.1) is 6.20 Å². The Morgan fingerprint density at radius 2 is 2.28 bits per heavy atom. The topological polar surface area (TPSA) is 79.3 Å². The van der Waals surface area contributed by atoms with E-state index in [1.54, 1.807) is 0 Å². The molecule has 0 aliphatic carbocycles. The van der Waals surface area contributed by atoms with Crippen LogP contribution in [0.4, 0.5) is 4.39 Å². The molecule has 1 amide bonds. The van der Waals surface area contributed by atoms with Crippen molar-refractivity contribution in [1.29, 1.82) is 0 Å². The second-order valence-corrected chi connectivity index (χ2v) is 5.11. The van der Waals surface area contributed by atoms with Gasteiger partial charge < -0.3 is 10.4 Å². The molecule has 0 saturated carbocycles. The minimum absolute atomic E-state index is 0.00826. The standard InChI is InChI=1S/C11H11FN2O3S/c12-7-1-2-8(13-5-7)9(15)14-11(10(16)17)3-4-18-6-11/h1-2,5H,3-4,6H2,(H,14,15)(H,16,17). The maximum absolute atomic E-state index is 12.7. The van der Waals surface area contributed by atoms with Crippen LogP contribution < -0.4 is 5.32 Å². The average Bonchev–Trinajstić information content (AvgIpc) is 2.79. The first-order valence-electron chi connectivity index (χ1n) is 5.29. The van der Waals surface area contributed by atoms with Crippen LogP contribution in [-0.4, -0.2) is 39.0 Å². The number of rotatable bonds is 3. The van der Waals surface area contributed by atoms with E-state index in [-0.39, 0.29) is 5.69 Å². The van der Waals surface area contributed by atoms with Crippen LogP contribution in [0.15, 0.2) is 18.3 Å². The van der Waals surface area contributed by atoms with Gasteiger partial charge in [0, 0.05) is 5.75 Å². The molecule has 1 fully saturated rings. The van der Waals surface area contributed by atoms with E-state index in [2.05, 4.69) is 10.3 Å². The van der Waals surface area contributed by atoms with Crippen molar-refractivity contribution in [1.82, 2.24) is 10.3 Å². The third-order valence-electron chi connectivity index (χ3n) is 2.74. The summed E-state index contributed by atoms with van der Waals surface area (Å²) in [6, 6.07) is 2.33. The fraction of sp³-hybridized carbons (Fsp3) is 0.364. The van der Waals surface area contributed by atoms with E-state index in [0.29, 0.717) is 17.9 Å². The molecule has 2 heterocycles. The fourth-order valence-corrected chi connectivity index (χ4v) is 3.00. The van der Waals surface area contributed by atoms with Crippen LogP contribution in [-0.2, 0) is 4.79 Å². The highest BCUT2D eigenvalue weighted by molar-refractivity contribution is 7.99. The summed E-state index contributed by atoms with van der Waals surface area (Å²) in [6.45, 7) is 0. The molecule has 1 aliphatic heterocycles. The van der Waals surface area contributed by atoms with Crippen molar-refractivity contribution in [3.63, 3.8) is 0 Å². The number of amides is 1. The number of hydrogen-bond acceptors (Lipinski definition) is 4. The third kappa shape index (κ3) is 2.45. The van der Waals surface area contributed by atoms with Crippen LogP contribution in [0.25, 0.3) is 0 Å². The molecule has 0 radical (unpaired) electrons. The van der Waals surface area contributed by atoms with E-state index in [1.165, 1.54) is 17.8 Å². The lowest BCUT2D eigenvalue weighted by Crippen LogP contribution is -2.54. The number of thioether (sulfide) groups is 1. The Bertz CT molecular complexity index is 472. The summed E-state index contributed by atoms with van der Waals surface area (Å²) >= 11 is 1.47. The van der Waals surface area contributed by atoms with E-state index in [0.717, 1.165) is 12.3 Å². The number of aliphatic carboxylic acids is 1. The first-order chi connectivity index (χ1) is 8.53. The normalized spacial score (nSPS) is 22.7. The molecule has 1 aromatic heterocycles. The molecule has 1 aromatic rings. The Kier molecular flexibility index (Phi) is 3.51. The van der Waals surface area contributed by atoms with Gasteiger partial charge >= 0.3 is 5.97 Å². The zero-order valence-electron chi connectivity index (χ0n) is 9.35. The van der Waals surface area contributed by atoms with E-state index in [9.17, 15) is 19.1 Å². The number of carbonyl (C=O) groups is 2. The van der Waals surface area contributed by atoms with Crippen molar-refractivity contribution in [2.45, 2.75) is 12.0 Å². The maximum Gasteiger partial charge on any atom is 0.330 e. The van der Waals surface area contributed by atoms with Crippen LogP contribution in [0.1, 0.15) is 16.9 Å². The van der Waals surface area contributed by atoms with Crippen molar-refractivity contribution in [2.24, 2.45) is 0 Å². The van der Waals surface area contributed by atoms with Gasteiger partial charge in [0.25, 0.3) is 5.91 Å². The van der Waals surface area contributed by atoms with Gasteiger partial charge in [-0.2, -0.15) is 11.8 Å². The number of carboxylic acids is 1. The molecule has 0 bridgehead atoms. The number of carboxylic acid groups (broad SMARTS) is 1. The van der Waals surface area contributed by atoms with Crippen molar-refractivity contribution < 1.29 is 19.1 Å². The predicted molar refractivity (Wildman–Crippen MR) is 64.0 cm³/mol. The van der Waals surface area contributed by atoms with Gasteiger partial charge in [-0.3, -0.25) is 4.79 Å². The molecule has 7 heteroatoms. The summed E-state index contributed by atoms with van der Waals surface area (Å²) in [5, 5.41) is 11.7. The Hall–Kier alpha value is -1.63. The van der Waals surface area contributed by atoms with Gasteiger partial charge in [0.15, 0.2) is 0 Å². The van der Waals surface area contributed by atoms with E-state index in [4.69, 9.17) is 0 Å². The highest BCUT2D eigenvalue weighted by atomic mass is 32.2. The molecule has 96 valence electrons. The number of nitrogens with zero attached hydrogens (tertiary/aromatic N) is 1. The molecular formula is C11H11FN2O3S. The Balaban J connectivity index is 2.15. The quantitative estimate of drug-likeness (QED) is 0.853. The SMILES string of the molecule is O=C(NC1(C(=O)O)CCSC1)c1ccc(F)cn1. The van der Waals surface area contributed by atoms with E-state index >= 15 is 0 Å². The summed E-state index contributed by atoms with van der Waals surface area (Å²) < 4.78 is 12.7. The van der Waals surface area contributed by atoms with Gasteiger partial charge in [-0.1, -0.05) is 0 Å². The average molecular weight is 270 g/mol. The molecule has 2 rings (SSSR count). The minimum Gasteiger partial charge on any atom is -0.479 e. The second kappa shape index (κ2) is 4.93. The van der Waals surface area contributed by atoms with Gasteiger partial charge in [0.1, 0.15) is 17.1 Å². The number of nitrogens with one attached hydrogen (secondary N) is 1. The largest absolute Gasteiger partial charge is 0.479 e. The lowest BCUT2D eigenvalue weighted by atomic mass is 9.99.